The molecular weight excluding hydrogens is 364 g/mol. The molecule has 1 aromatic heterocycles. The molecular formula is C23H22N4O2. The van der Waals surface area contributed by atoms with Crippen LogP contribution in [0.1, 0.15) is 11.1 Å². The summed E-state index contributed by atoms with van der Waals surface area (Å²) in [6, 6.07) is 19.3. The molecule has 1 atom stereocenters. The molecule has 0 bridgehead atoms. The number of aliphatic hydroxyl groups is 1. The Kier molecular flexibility index (Phi) is 5.41. The highest BCUT2D eigenvalue weighted by Crippen LogP contribution is 2.21. The normalized spacial score (nSPS) is 15.2. The molecule has 6 heteroatoms. The predicted molar refractivity (Wildman–Crippen MR) is 111 cm³/mol. The average Bonchev–Trinajstić information content (AvgIpc) is 2.78. The lowest BCUT2D eigenvalue weighted by Crippen LogP contribution is -2.52. The average molecular weight is 386 g/mol. The third-order valence-electron chi connectivity index (χ3n) is 5.34. The number of amides is 1. The number of rotatable bonds is 4. The van der Waals surface area contributed by atoms with E-state index in [-0.39, 0.29) is 12.3 Å². The molecule has 3 aromatic rings. The number of carbonyl (C=O) groups is 1. The number of fused-ring (bicyclic) bond motifs is 1. The number of pyridine rings is 1. The first kappa shape index (κ1) is 18.9. The number of hydrogen-bond donors (Lipinski definition) is 1. The molecule has 0 radical (unpaired) electrons. The number of anilines is 1. The number of piperazine rings is 1. The van der Waals surface area contributed by atoms with E-state index in [1.807, 2.05) is 48.5 Å². The van der Waals surface area contributed by atoms with Gasteiger partial charge in [-0.25, -0.2) is 0 Å². The third-order valence-corrected chi connectivity index (χ3v) is 5.34. The van der Waals surface area contributed by atoms with Crippen LogP contribution in [0.5, 0.6) is 0 Å². The summed E-state index contributed by atoms with van der Waals surface area (Å²) < 4.78 is 0. The van der Waals surface area contributed by atoms with Gasteiger partial charge in [0.05, 0.1) is 16.8 Å². The van der Waals surface area contributed by atoms with Gasteiger partial charge < -0.3 is 14.9 Å². The van der Waals surface area contributed by atoms with Crippen molar-refractivity contribution in [2.75, 3.05) is 31.1 Å². The lowest BCUT2D eigenvalue weighted by molar-refractivity contribution is -0.140. The first-order valence-corrected chi connectivity index (χ1v) is 9.70. The van der Waals surface area contributed by atoms with Crippen molar-refractivity contribution in [3.8, 4) is 6.07 Å². The van der Waals surface area contributed by atoms with Crippen LogP contribution in [0.2, 0.25) is 0 Å². The van der Waals surface area contributed by atoms with Gasteiger partial charge in [-0.15, -0.1) is 0 Å². The summed E-state index contributed by atoms with van der Waals surface area (Å²) in [4.78, 5) is 20.8. The number of nitriles is 1. The first-order valence-electron chi connectivity index (χ1n) is 9.70. The number of hydrogen-bond acceptors (Lipinski definition) is 5. The largest absolute Gasteiger partial charge is 0.383 e. The molecule has 0 spiro atoms. The van der Waals surface area contributed by atoms with E-state index in [1.54, 1.807) is 17.2 Å². The molecule has 1 aliphatic heterocycles. The predicted octanol–water partition coefficient (Wildman–Crippen LogP) is 2.36. The molecule has 146 valence electrons. The lowest BCUT2D eigenvalue weighted by Gasteiger charge is -2.37. The van der Waals surface area contributed by atoms with Crippen LogP contribution in [0.4, 0.5) is 5.69 Å². The Morgan fingerprint density at radius 1 is 1.10 bits per heavy atom. The molecule has 2 heterocycles. The Labute approximate surface area is 169 Å². The van der Waals surface area contributed by atoms with Crippen molar-refractivity contribution < 1.29 is 9.90 Å². The number of carbonyl (C=O) groups excluding carboxylic acids is 1. The SMILES string of the molecule is N#Cc1ccccc1N1CCN(C(=O)C(O)Cc2ccc3ncccc3c2)CC1. The molecule has 0 saturated carbocycles. The third kappa shape index (κ3) is 4.05. The van der Waals surface area contributed by atoms with E-state index in [9.17, 15) is 15.2 Å². The molecule has 1 fully saturated rings. The quantitative estimate of drug-likeness (QED) is 0.745. The number of nitrogens with zero attached hydrogens (tertiary/aromatic N) is 4. The van der Waals surface area contributed by atoms with Gasteiger partial charge in [0.1, 0.15) is 12.2 Å². The van der Waals surface area contributed by atoms with Crippen LogP contribution < -0.4 is 4.90 Å². The number of aromatic nitrogens is 1. The van der Waals surface area contributed by atoms with Crippen molar-refractivity contribution in [2.45, 2.75) is 12.5 Å². The molecule has 1 saturated heterocycles. The summed E-state index contributed by atoms with van der Waals surface area (Å²) in [7, 11) is 0. The Balaban J connectivity index is 1.38. The van der Waals surface area contributed by atoms with Gasteiger partial charge in [0.25, 0.3) is 5.91 Å². The summed E-state index contributed by atoms with van der Waals surface area (Å²) in [6.07, 6.45) is 0.956. The summed E-state index contributed by atoms with van der Waals surface area (Å²) in [5, 5.41) is 20.8. The van der Waals surface area contributed by atoms with Crippen molar-refractivity contribution in [3.05, 3.63) is 71.9 Å². The van der Waals surface area contributed by atoms with Crippen LogP contribution in [-0.2, 0) is 11.2 Å². The van der Waals surface area contributed by atoms with Gasteiger partial charge in [0, 0.05) is 44.2 Å². The second kappa shape index (κ2) is 8.29. The second-order valence-electron chi connectivity index (χ2n) is 7.19. The van der Waals surface area contributed by atoms with E-state index in [1.165, 1.54) is 0 Å². The van der Waals surface area contributed by atoms with Gasteiger partial charge in [-0.3, -0.25) is 9.78 Å². The summed E-state index contributed by atoms with van der Waals surface area (Å²) in [6.45, 7) is 2.33. The first-order chi connectivity index (χ1) is 14.2. The zero-order valence-corrected chi connectivity index (χ0v) is 16.0. The fourth-order valence-corrected chi connectivity index (χ4v) is 3.79. The van der Waals surface area contributed by atoms with E-state index in [0.29, 0.717) is 31.7 Å². The monoisotopic (exact) mass is 386 g/mol. The van der Waals surface area contributed by atoms with Crippen molar-refractivity contribution >= 4 is 22.5 Å². The van der Waals surface area contributed by atoms with Crippen molar-refractivity contribution in [2.24, 2.45) is 0 Å². The molecule has 0 aliphatic carbocycles. The highest BCUT2D eigenvalue weighted by molar-refractivity contribution is 5.82. The molecule has 1 aliphatic rings. The maximum atomic E-state index is 12.7. The minimum atomic E-state index is -1.07. The van der Waals surface area contributed by atoms with Crippen LogP contribution in [0.15, 0.2) is 60.8 Å². The van der Waals surface area contributed by atoms with Gasteiger partial charge >= 0.3 is 0 Å². The van der Waals surface area contributed by atoms with Crippen LogP contribution in [0.25, 0.3) is 10.9 Å². The molecule has 4 rings (SSSR count). The van der Waals surface area contributed by atoms with Crippen LogP contribution in [0.3, 0.4) is 0 Å². The van der Waals surface area contributed by atoms with Crippen LogP contribution >= 0.6 is 0 Å². The smallest absolute Gasteiger partial charge is 0.251 e. The van der Waals surface area contributed by atoms with E-state index in [4.69, 9.17) is 0 Å². The highest BCUT2D eigenvalue weighted by Gasteiger charge is 2.27. The maximum absolute atomic E-state index is 12.7. The number of aliphatic hydroxyl groups excluding tert-OH is 1. The number of benzene rings is 2. The van der Waals surface area contributed by atoms with Crippen molar-refractivity contribution in [1.82, 2.24) is 9.88 Å². The minimum Gasteiger partial charge on any atom is -0.383 e. The van der Waals surface area contributed by atoms with Gasteiger partial charge in [-0.1, -0.05) is 24.3 Å². The zero-order valence-electron chi connectivity index (χ0n) is 16.0. The summed E-state index contributed by atoms with van der Waals surface area (Å²) >= 11 is 0. The molecule has 1 unspecified atom stereocenters. The van der Waals surface area contributed by atoms with E-state index in [0.717, 1.165) is 22.2 Å². The van der Waals surface area contributed by atoms with Crippen LogP contribution in [0, 0.1) is 11.3 Å². The maximum Gasteiger partial charge on any atom is 0.251 e. The lowest BCUT2D eigenvalue weighted by atomic mass is 10.0. The highest BCUT2D eigenvalue weighted by atomic mass is 16.3. The molecule has 1 amide bonds. The molecule has 2 aromatic carbocycles. The van der Waals surface area contributed by atoms with E-state index in [2.05, 4.69) is 16.0 Å². The Morgan fingerprint density at radius 3 is 2.69 bits per heavy atom. The summed E-state index contributed by atoms with van der Waals surface area (Å²) in [5.74, 6) is -0.246. The second-order valence-corrected chi connectivity index (χ2v) is 7.19. The molecule has 6 nitrogen and oxygen atoms in total. The van der Waals surface area contributed by atoms with Crippen LogP contribution in [-0.4, -0.2) is 53.2 Å². The Morgan fingerprint density at radius 2 is 1.90 bits per heavy atom. The minimum absolute atomic E-state index is 0.246. The zero-order chi connectivity index (χ0) is 20.2. The fourth-order valence-electron chi connectivity index (χ4n) is 3.79. The van der Waals surface area contributed by atoms with Gasteiger partial charge in [-0.05, 0) is 35.9 Å². The summed E-state index contributed by atoms with van der Waals surface area (Å²) in [5.41, 5.74) is 3.34. The topological polar surface area (TPSA) is 80.5 Å². The number of para-hydroxylation sites is 1. The Bertz CT molecular complexity index is 1070. The van der Waals surface area contributed by atoms with E-state index < -0.39 is 6.10 Å². The van der Waals surface area contributed by atoms with Crippen molar-refractivity contribution in [3.63, 3.8) is 0 Å². The van der Waals surface area contributed by atoms with Crippen molar-refractivity contribution in [1.29, 1.82) is 5.26 Å². The van der Waals surface area contributed by atoms with Gasteiger partial charge in [0.15, 0.2) is 0 Å². The van der Waals surface area contributed by atoms with Gasteiger partial charge in [0.2, 0.25) is 0 Å². The molecule has 29 heavy (non-hydrogen) atoms. The molecule has 1 N–H and O–H groups in total. The van der Waals surface area contributed by atoms with E-state index >= 15 is 0 Å². The van der Waals surface area contributed by atoms with Gasteiger partial charge in [-0.2, -0.15) is 5.26 Å². The Hall–Kier alpha value is -3.43. The fraction of sp³-hybridized carbons (Fsp3) is 0.261. The standard InChI is InChI=1S/C23H22N4O2/c24-16-19-4-1-2-6-21(19)26-10-12-27(13-11-26)23(29)22(28)15-17-7-8-20-18(14-17)5-3-9-25-20/h1-9,14,22,28H,10-13,15H2.